The van der Waals surface area contributed by atoms with Crippen LogP contribution in [-0.4, -0.2) is 239 Å². The van der Waals surface area contributed by atoms with Gasteiger partial charge >= 0.3 is 5.97 Å². The normalized spacial score (nSPS) is 15.8. The zero-order valence-corrected chi connectivity index (χ0v) is 59.7. The third kappa shape index (κ3) is 25.1. The molecule has 0 spiro atoms. The fourth-order valence-corrected chi connectivity index (χ4v) is 11.6. The zero-order chi connectivity index (χ0) is 77.2. The lowest BCUT2D eigenvalue weighted by Gasteiger charge is -2.30. The third-order valence-electron chi connectivity index (χ3n) is 17.2. The lowest BCUT2D eigenvalue weighted by atomic mass is 10.0. The van der Waals surface area contributed by atoms with E-state index in [1.165, 1.54) is 81.5 Å². The molecule has 0 bridgehead atoms. The number of aliphatic hydroxyl groups excluding tert-OH is 3. The predicted octanol–water partition coefficient (Wildman–Crippen LogP) is -4.50. The number of unbranched alkanes of at least 4 members (excludes halogenated alkanes) is 1. The molecule has 1 fully saturated rings. The van der Waals surface area contributed by atoms with Gasteiger partial charge in [0, 0.05) is 59.3 Å². The van der Waals surface area contributed by atoms with E-state index in [0.717, 1.165) is 20.9 Å². The number of likely N-dealkylation sites (tertiary alicyclic amines) is 1. The van der Waals surface area contributed by atoms with Crippen molar-refractivity contribution >= 4 is 104 Å². The number of carbonyl (C=O) groups excluding carboxylic acids is 12. The van der Waals surface area contributed by atoms with Crippen molar-refractivity contribution in [1.82, 2.24) is 78.3 Å². The van der Waals surface area contributed by atoms with Crippen LogP contribution in [0.25, 0.3) is 10.9 Å². The number of phenolic OH excluding ortho intramolecular Hbond substituents is 2. The number of aliphatic hydroxyl groups is 3. The summed E-state index contributed by atoms with van der Waals surface area (Å²) in [5.74, 6) is -13.4. The van der Waals surface area contributed by atoms with Crippen molar-refractivity contribution in [3.05, 3.63) is 112 Å². The van der Waals surface area contributed by atoms with Gasteiger partial charge in [0.05, 0.1) is 38.7 Å². The minimum atomic E-state index is -1.90. The second kappa shape index (κ2) is 40.5. The second-order valence-electron chi connectivity index (χ2n) is 25.6. The Kier molecular flexibility index (Phi) is 32.1. The van der Waals surface area contributed by atoms with Gasteiger partial charge in [0.1, 0.15) is 78.0 Å². The molecule has 1 saturated heterocycles. The van der Waals surface area contributed by atoms with E-state index in [9.17, 15) is 93.0 Å². The summed E-state index contributed by atoms with van der Waals surface area (Å²) in [4.78, 5) is 188. The van der Waals surface area contributed by atoms with Crippen LogP contribution in [0.4, 0.5) is 0 Å². The molecule has 2 aromatic heterocycles. The van der Waals surface area contributed by atoms with Crippen molar-refractivity contribution in [2.75, 3.05) is 39.5 Å². The molecular weight excluding hydrogens is 1440 g/mol. The molecule has 12 amide bonds. The number of carboxylic acid groups (broad SMARTS) is 1. The summed E-state index contributed by atoms with van der Waals surface area (Å²) in [6.07, 6.45) is 5.17. The lowest BCUT2D eigenvalue weighted by Crippen LogP contribution is -2.61. The van der Waals surface area contributed by atoms with Gasteiger partial charge in [-0.1, -0.05) is 60.1 Å². The Balaban J connectivity index is 1.03. The molecule has 6 rings (SSSR count). The average molecular weight is 1530 g/mol. The predicted molar refractivity (Wildman–Crippen MR) is 379 cm³/mol. The van der Waals surface area contributed by atoms with Crippen LogP contribution in [0.5, 0.6) is 11.5 Å². The van der Waals surface area contributed by atoms with E-state index in [4.69, 9.17) is 11.5 Å². The first-order valence-corrected chi connectivity index (χ1v) is 34.6. The Hall–Kier alpha value is -10.6. The molecule has 0 saturated carbocycles. The molecule has 1 aliphatic heterocycles. The number of carbonyl (C=O) groups is 13. The molecule has 570 valence electrons. The number of hydrogen-bond acceptors (Lipinski definition) is 21. The minimum absolute atomic E-state index is 0.0329. The molecule has 37 heteroatoms. The minimum Gasteiger partial charge on any atom is -0.508 e. The monoisotopic (exact) mass is 1530 g/mol. The maximum atomic E-state index is 14.6. The first kappa shape index (κ1) is 83.3. The molecule has 105 heavy (non-hydrogen) atoms. The topological polar surface area (TPSA) is 575 Å². The number of hydrogen-bond donors (Lipinski definition) is 21. The number of fused-ring (bicyclic) bond motifs is 1. The van der Waals surface area contributed by atoms with Crippen LogP contribution in [0.1, 0.15) is 82.2 Å². The second-order valence-corrected chi connectivity index (χ2v) is 26.5. The van der Waals surface area contributed by atoms with Gasteiger partial charge in [-0.15, -0.1) is 0 Å². The van der Waals surface area contributed by atoms with Crippen LogP contribution >= 0.6 is 15.9 Å². The van der Waals surface area contributed by atoms with Gasteiger partial charge in [-0.3, -0.25) is 57.5 Å². The van der Waals surface area contributed by atoms with Gasteiger partial charge in [-0.25, -0.2) is 9.78 Å². The number of imidazole rings is 1. The highest BCUT2D eigenvalue weighted by Gasteiger charge is 2.40. The third-order valence-corrected chi connectivity index (χ3v) is 17.7. The van der Waals surface area contributed by atoms with E-state index >= 15 is 0 Å². The summed E-state index contributed by atoms with van der Waals surface area (Å²) in [6.45, 7) is 1.89. The number of phenols is 2. The summed E-state index contributed by atoms with van der Waals surface area (Å²) in [5, 5.41) is 87.4. The van der Waals surface area contributed by atoms with E-state index < -0.39 is 182 Å². The number of nitrogens with one attached hydrogen (secondary N) is 13. The molecule has 23 N–H and O–H groups in total. The number of aliphatic carboxylic acids is 1. The van der Waals surface area contributed by atoms with Crippen molar-refractivity contribution in [3.8, 4) is 11.5 Å². The summed E-state index contributed by atoms with van der Waals surface area (Å²) in [5.41, 5.74) is 15.0. The highest BCUT2D eigenvalue weighted by Crippen LogP contribution is 2.25. The molecule has 12 atom stereocenters. The number of aromatic nitrogens is 3. The van der Waals surface area contributed by atoms with Crippen LogP contribution in [0.2, 0.25) is 0 Å². The quantitative estimate of drug-likeness (QED) is 0.0164. The number of nitrogens with zero attached hydrogens (tertiary/aromatic N) is 2. The van der Waals surface area contributed by atoms with Crippen LogP contribution in [0, 0.1) is 5.92 Å². The fourth-order valence-electron chi connectivity index (χ4n) is 11.2. The number of aromatic amines is 2. The summed E-state index contributed by atoms with van der Waals surface area (Å²) >= 11 is 3.45. The van der Waals surface area contributed by atoms with E-state index in [1.54, 1.807) is 18.3 Å². The molecular formula is C68H92BrN17O19. The van der Waals surface area contributed by atoms with Crippen LogP contribution in [0.3, 0.4) is 0 Å². The number of H-pyrrole nitrogens is 2. The maximum absolute atomic E-state index is 14.6. The van der Waals surface area contributed by atoms with Gasteiger partial charge in [-0.2, -0.15) is 0 Å². The molecule has 3 aromatic carbocycles. The van der Waals surface area contributed by atoms with Crippen LogP contribution in [0.15, 0.2) is 89.9 Å². The van der Waals surface area contributed by atoms with Crippen LogP contribution < -0.4 is 70.0 Å². The first-order chi connectivity index (χ1) is 49.9. The van der Waals surface area contributed by atoms with Gasteiger partial charge in [0.2, 0.25) is 70.9 Å². The Bertz CT molecular complexity index is 3840. The number of carboxylic acids is 1. The Morgan fingerprint density at radius 2 is 1.09 bits per heavy atom. The largest absolute Gasteiger partial charge is 0.508 e. The van der Waals surface area contributed by atoms with Crippen LogP contribution in [-0.2, 0) is 88.0 Å². The Morgan fingerprint density at radius 1 is 0.581 bits per heavy atom. The van der Waals surface area contributed by atoms with Crippen molar-refractivity contribution in [2.24, 2.45) is 17.4 Å². The number of halogens is 1. The first-order valence-electron chi connectivity index (χ1n) is 33.8. The molecule has 36 nitrogen and oxygen atoms in total. The highest BCUT2D eigenvalue weighted by atomic mass is 79.9. The van der Waals surface area contributed by atoms with E-state index in [1.807, 2.05) is 18.2 Å². The number of benzene rings is 3. The van der Waals surface area contributed by atoms with Gasteiger partial charge in [0.15, 0.2) is 0 Å². The van der Waals surface area contributed by atoms with E-state index in [-0.39, 0.29) is 68.8 Å². The Labute approximate surface area is 611 Å². The van der Waals surface area contributed by atoms with Gasteiger partial charge in [0.25, 0.3) is 0 Å². The molecule has 1 aliphatic rings. The average Bonchev–Trinajstić information content (AvgIpc) is 1.81. The molecule has 0 unspecified atom stereocenters. The van der Waals surface area contributed by atoms with Gasteiger partial charge in [-0.05, 0) is 118 Å². The zero-order valence-electron chi connectivity index (χ0n) is 58.1. The molecule has 0 radical (unpaired) electrons. The summed E-state index contributed by atoms with van der Waals surface area (Å²) < 4.78 is 0.844. The smallest absolute Gasteiger partial charge is 0.326 e. The van der Waals surface area contributed by atoms with E-state index in [2.05, 4.69) is 89.4 Å². The van der Waals surface area contributed by atoms with Crippen molar-refractivity contribution < 1.29 is 93.0 Å². The summed E-state index contributed by atoms with van der Waals surface area (Å²) in [6, 6.07) is -0.605. The fraction of sp³-hybridized carbons (Fsp3) is 0.471. The SMILES string of the molecule is CC(C)[C@H](NC(=O)[C@H](CO)NC(=O)[C@H](Cc1ccc(O)cc1)NC(=O)[C@H](CO)NC(=O)[C@H](CO)NC(=O)[C@H](Cc1cnc[nH]1)NC(=O)CNC(=O)[C@H](C)NC(=O)[C@H](C)NC(=O)[C@@H]1CCCN1C(=O)[C@H](CCCCN)NC(=O)[C@H](Cc1ccc(O)cc1)NC(=O)[C@@H](N)Cc1c[nH]c2cc(Br)ccc12)C(=O)O. The maximum Gasteiger partial charge on any atom is 0.326 e. The Morgan fingerprint density at radius 3 is 1.60 bits per heavy atom. The summed E-state index contributed by atoms with van der Waals surface area (Å²) in [7, 11) is 0. The number of rotatable bonds is 40. The van der Waals surface area contributed by atoms with Crippen molar-refractivity contribution in [1.29, 1.82) is 0 Å². The van der Waals surface area contributed by atoms with E-state index in [0.29, 0.717) is 30.4 Å². The molecule has 5 aromatic rings. The number of amides is 12. The standard InChI is InChI=1S/C68H92BrN17O19/c1-34(2)56(68(104)105)85-65(101)53(32-89)83-61(97)49(23-38-12-17-43(91)18-13-38)81-63(99)51(30-87)84-64(100)52(31-88)82-62(98)50(26-41-28-72-33-75-41)78-55(92)29-74-57(93)35(3)76-58(94)36(4)77-66(102)54-9-7-21-86(54)67(103)46(8-5-6-20-70)79-60(96)48(22-37-10-15-42(90)16-11-37)80-59(95)45(71)24-39-27-73-47-25-40(69)14-19-44(39)47/h10-19,25,27-28,33-36,45-46,48-54,56,73,87-91H,5-9,20-24,26,29-32,70-71H2,1-4H3,(H,72,75)(H,74,93)(H,76,94)(H,77,102)(H,78,92)(H,79,96)(H,80,95)(H,81,99)(H,82,98)(H,83,97)(H,84,100)(H,85,101)(H,104,105)/t35-,36-,45-,46-,48-,49-,50-,51-,52-,53-,54-,56-/m0/s1. The van der Waals surface area contributed by atoms with Crippen molar-refractivity contribution in [2.45, 2.75) is 158 Å². The van der Waals surface area contributed by atoms with Gasteiger partial charge < -0.3 is 115 Å². The van der Waals surface area contributed by atoms with Crippen molar-refractivity contribution in [3.63, 3.8) is 0 Å². The highest BCUT2D eigenvalue weighted by molar-refractivity contribution is 9.10. The lowest BCUT2D eigenvalue weighted by molar-refractivity contribution is -0.144. The number of aromatic hydroxyl groups is 2. The number of nitrogens with two attached hydrogens (primary N) is 2. The molecule has 3 heterocycles. The molecule has 0 aliphatic carbocycles.